The van der Waals surface area contributed by atoms with E-state index < -0.39 is 5.82 Å². The summed E-state index contributed by atoms with van der Waals surface area (Å²) in [6.45, 7) is 4.19. The molecule has 0 aromatic heterocycles. The lowest BCUT2D eigenvalue weighted by Crippen LogP contribution is -2.33. The largest absolute Gasteiger partial charge is 0.315 e. The molecule has 5 heteroatoms. The minimum absolute atomic E-state index is 0.0924. The average molecular weight is 285 g/mol. The van der Waals surface area contributed by atoms with Crippen molar-refractivity contribution < 1.29 is 9.18 Å². The van der Waals surface area contributed by atoms with Gasteiger partial charge in [-0.25, -0.2) is 4.39 Å². The first-order valence-electron chi connectivity index (χ1n) is 6.54. The lowest BCUT2D eigenvalue weighted by Gasteiger charge is -2.18. The van der Waals surface area contributed by atoms with Gasteiger partial charge in [0.2, 0.25) is 0 Å². The van der Waals surface area contributed by atoms with Crippen LogP contribution in [0.3, 0.4) is 0 Å². The van der Waals surface area contributed by atoms with E-state index in [-0.39, 0.29) is 17.2 Å². The zero-order valence-electron chi connectivity index (χ0n) is 10.8. The molecule has 0 atom stereocenters. The monoisotopic (exact) mass is 284 g/mol. The van der Waals surface area contributed by atoms with Gasteiger partial charge in [-0.05, 0) is 37.2 Å². The summed E-state index contributed by atoms with van der Waals surface area (Å²) in [6, 6.07) is 4.53. The molecule has 1 aliphatic rings. The smallest absolute Gasteiger partial charge is 0.151 e. The molecule has 1 aliphatic heterocycles. The van der Waals surface area contributed by atoms with Gasteiger partial charge < -0.3 is 5.32 Å². The predicted molar refractivity (Wildman–Crippen MR) is 74.0 cm³/mol. The quantitative estimate of drug-likeness (QED) is 0.916. The molecule has 3 nitrogen and oxygen atoms in total. The fraction of sp³-hybridized carbons (Fsp3) is 0.500. The molecule has 1 aromatic carbocycles. The van der Waals surface area contributed by atoms with Gasteiger partial charge in [0.15, 0.2) is 5.78 Å². The van der Waals surface area contributed by atoms with Crippen LogP contribution in [-0.2, 0) is 11.2 Å². The van der Waals surface area contributed by atoms with Crippen molar-refractivity contribution in [1.29, 1.82) is 0 Å². The Labute approximate surface area is 117 Å². The number of ketones is 1. The van der Waals surface area contributed by atoms with Crippen LogP contribution in [0.25, 0.3) is 0 Å². The van der Waals surface area contributed by atoms with E-state index in [1.54, 1.807) is 6.07 Å². The zero-order valence-corrected chi connectivity index (χ0v) is 11.5. The van der Waals surface area contributed by atoms with Crippen LogP contribution in [0.5, 0.6) is 0 Å². The molecular formula is C14H18ClFN2O. The molecule has 1 fully saturated rings. The number of hydrogen-bond acceptors (Lipinski definition) is 3. The van der Waals surface area contributed by atoms with E-state index in [4.69, 9.17) is 11.6 Å². The van der Waals surface area contributed by atoms with E-state index in [1.807, 2.05) is 0 Å². The van der Waals surface area contributed by atoms with Crippen LogP contribution in [0.2, 0.25) is 5.02 Å². The Morgan fingerprint density at radius 1 is 1.37 bits per heavy atom. The minimum atomic E-state index is -0.467. The molecule has 0 amide bonds. The standard InChI is InChI=1S/C14H18ClFN2O/c15-13-3-2-11(9-14(13)16)8-12(19)10-18-6-1-4-17-5-7-18/h2-3,9,17H,1,4-8,10H2. The highest BCUT2D eigenvalue weighted by molar-refractivity contribution is 6.30. The molecule has 1 N–H and O–H groups in total. The highest BCUT2D eigenvalue weighted by atomic mass is 35.5. The number of Topliss-reactive ketones (excluding diaryl/α,β-unsaturated/α-hetero) is 1. The maximum Gasteiger partial charge on any atom is 0.151 e. The molecule has 0 aliphatic carbocycles. The van der Waals surface area contributed by atoms with Crippen LogP contribution in [-0.4, -0.2) is 43.4 Å². The predicted octanol–water partition coefficient (Wildman–Crippen LogP) is 1.89. The summed E-state index contributed by atoms with van der Waals surface area (Å²) in [5, 5.41) is 3.39. The van der Waals surface area contributed by atoms with Crippen molar-refractivity contribution >= 4 is 17.4 Å². The average Bonchev–Trinajstić information content (AvgIpc) is 2.62. The van der Waals surface area contributed by atoms with E-state index in [0.29, 0.717) is 12.1 Å². The van der Waals surface area contributed by atoms with Gasteiger partial charge in [0.1, 0.15) is 5.82 Å². The van der Waals surface area contributed by atoms with E-state index in [2.05, 4.69) is 10.2 Å². The second-order valence-electron chi connectivity index (χ2n) is 4.84. The molecule has 0 unspecified atom stereocenters. The van der Waals surface area contributed by atoms with Crippen LogP contribution in [0.15, 0.2) is 18.2 Å². The number of halogens is 2. The maximum atomic E-state index is 13.3. The number of rotatable bonds is 4. The Hall–Kier alpha value is -0.970. The van der Waals surface area contributed by atoms with Crippen LogP contribution in [0.4, 0.5) is 4.39 Å². The van der Waals surface area contributed by atoms with E-state index in [0.717, 1.165) is 32.6 Å². The fourth-order valence-corrected chi connectivity index (χ4v) is 2.36. The summed E-state index contributed by atoms with van der Waals surface area (Å²) in [5.41, 5.74) is 0.680. The van der Waals surface area contributed by atoms with Crippen LogP contribution >= 0.6 is 11.6 Å². The molecule has 1 saturated heterocycles. The van der Waals surface area contributed by atoms with Crippen LogP contribution < -0.4 is 5.32 Å². The molecular weight excluding hydrogens is 267 g/mol. The van der Waals surface area contributed by atoms with Crippen molar-refractivity contribution in [2.24, 2.45) is 0 Å². The molecule has 0 radical (unpaired) electrons. The number of carbonyl (C=O) groups excluding carboxylic acids is 1. The minimum Gasteiger partial charge on any atom is -0.315 e. The second kappa shape index (κ2) is 6.98. The SMILES string of the molecule is O=C(Cc1ccc(Cl)c(F)c1)CN1CCCNCC1. The van der Waals surface area contributed by atoms with Crippen molar-refractivity contribution in [3.63, 3.8) is 0 Å². The van der Waals surface area contributed by atoms with Crippen molar-refractivity contribution in [1.82, 2.24) is 10.2 Å². The highest BCUT2D eigenvalue weighted by Crippen LogP contribution is 2.16. The Morgan fingerprint density at radius 3 is 3.00 bits per heavy atom. The first-order chi connectivity index (χ1) is 9.15. The van der Waals surface area contributed by atoms with Gasteiger partial charge in [-0.3, -0.25) is 9.69 Å². The van der Waals surface area contributed by atoms with Gasteiger partial charge in [0.25, 0.3) is 0 Å². The first kappa shape index (κ1) is 14.4. The lowest BCUT2D eigenvalue weighted by molar-refractivity contribution is -0.119. The molecule has 19 heavy (non-hydrogen) atoms. The third kappa shape index (κ3) is 4.56. The number of carbonyl (C=O) groups is 1. The highest BCUT2D eigenvalue weighted by Gasteiger charge is 2.13. The van der Waals surface area contributed by atoms with E-state index in [1.165, 1.54) is 12.1 Å². The molecule has 2 rings (SSSR count). The molecule has 1 aromatic rings. The van der Waals surface area contributed by atoms with Crippen molar-refractivity contribution in [2.75, 3.05) is 32.7 Å². The van der Waals surface area contributed by atoms with Gasteiger partial charge in [-0.1, -0.05) is 17.7 Å². The van der Waals surface area contributed by atoms with Crippen molar-refractivity contribution in [3.8, 4) is 0 Å². The van der Waals surface area contributed by atoms with Crippen molar-refractivity contribution in [3.05, 3.63) is 34.6 Å². The van der Waals surface area contributed by atoms with E-state index in [9.17, 15) is 9.18 Å². The molecule has 0 saturated carbocycles. The van der Waals surface area contributed by atoms with E-state index >= 15 is 0 Å². The lowest BCUT2D eigenvalue weighted by atomic mass is 10.1. The maximum absolute atomic E-state index is 13.3. The number of nitrogens with one attached hydrogen (secondary N) is 1. The Balaban J connectivity index is 1.87. The Bertz CT molecular complexity index is 445. The summed E-state index contributed by atoms with van der Waals surface area (Å²) < 4.78 is 13.3. The molecule has 1 heterocycles. The van der Waals surface area contributed by atoms with Gasteiger partial charge in [0, 0.05) is 19.5 Å². The van der Waals surface area contributed by atoms with Crippen LogP contribution in [0, 0.1) is 5.82 Å². The Morgan fingerprint density at radius 2 is 2.21 bits per heavy atom. The van der Waals surface area contributed by atoms with Crippen molar-refractivity contribution in [2.45, 2.75) is 12.8 Å². The normalized spacial score (nSPS) is 17.2. The molecule has 0 spiro atoms. The second-order valence-corrected chi connectivity index (χ2v) is 5.25. The fourth-order valence-electron chi connectivity index (χ4n) is 2.24. The topological polar surface area (TPSA) is 32.3 Å². The first-order valence-corrected chi connectivity index (χ1v) is 6.91. The number of benzene rings is 1. The summed E-state index contributed by atoms with van der Waals surface area (Å²) in [6.07, 6.45) is 1.32. The number of hydrogen-bond donors (Lipinski definition) is 1. The zero-order chi connectivity index (χ0) is 13.7. The summed E-state index contributed by atoms with van der Waals surface area (Å²) in [4.78, 5) is 14.1. The van der Waals surface area contributed by atoms with Gasteiger partial charge in [-0.2, -0.15) is 0 Å². The molecule has 0 bridgehead atoms. The molecule has 104 valence electrons. The summed E-state index contributed by atoms with van der Waals surface area (Å²) >= 11 is 5.62. The summed E-state index contributed by atoms with van der Waals surface area (Å²) in [7, 11) is 0. The van der Waals surface area contributed by atoms with Gasteiger partial charge in [0.05, 0.1) is 11.6 Å². The third-order valence-corrected chi connectivity index (χ3v) is 3.52. The van der Waals surface area contributed by atoms with Gasteiger partial charge >= 0.3 is 0 Å². The third-order valence-electron chi connectivity index (χ3n) is 3.22. The number of nitrogens with zero attached hydrogens (tertiary/aromatic N) is 1. The van der Waals surface area contributed by atoms with Gasteiger partial charge in [-0.15, -0.1) is 0 Å². The summed E-state index contributed by atoms with van der Waals surface area (Å²) in [5.74, 6) is -0.352. The Kier molecular flexibility index (Phi) is 5.31. The van der Waals surface area contributed by atoms with Crippen LogP contribution in [0.1, 0.15) is 12.0 Å².